The molecule has 1 aliphatic heterocycles. The highest BCUT2D eigenvalue weighted by Gasteiger charge is 2.49. The van der Waals surface area contributed by atoms with E-state index in [-0.39, 0.29) is 29.6 Å². The van der Waals surface area contributed by atoms with Gasteiger partial charge in [0.05, 0.1) is 0 Å². The Morgan fingerprint density at radius 3 is 2.46 bits per heavy atom. The summed E-state index contributed by atoms with van der Waals surface area (Å²) in [5.41, 5.74) is 4.39. The Hall–Kier alpha value is -3.29. The zero-order chi connectivity index (χ0) is 25.6. The van der Waals surface area contributed by atoms with Gasteiger partial charge in [-0.3, -0.25) is 10.7 Å². The van der Waals surface area contributed by atoms with Crippen molar-refractivity contribution in [1.82, 2.24) is 15.3 Å². The average Bonchev–Trinajstić information content (AvgIpc) is 3.13. The summed E-state index contributed by atoms with van der Waals surface area (Å²) < 4.78 is 94.8. The zero-order valence-corrected chi connectivity index (χ0v) is 18.2. The van der Waals surface area contributed by atoms with Crippen LogP contribution in [0.5, 0.6) is 0 Å². The average molecular weight is 503 g/mol. The summed E-state index contributed by atoms with van der Waals surface area (Å²) in [7, 11) is 0. The maximum atomic E-state index is 13.9. The Bertz CT molecular complexity index is 1170. The predicted molar refractivity (Wildman–Crippen MR) is 113 cm³/mol. The second kappa shape index (κ2) is 8.43. The number of hydrogen-bond donors (Lipinski definition) is 3. The molecule has 14 heteroatoms. The Balaban J connectivity index is 1.72. The normalized spacial score (nSPS) is 24.4. The van der Waals surface area contributed by atoms with Gasteiger partial charge in [0, 0.05) is 37.6 Å². The van der Waals surface area contributed by atoms with Gasteiger partial charge in [0.1, 0.15) is 17.1 Å². The van der Waals surface area contributed by atoms with Crippen molar-refractivity contribution >= 4 is 17.5 Å². The smallest absolute Gasteiger partial charge is 0.326 e. The lowest BCUT2D eigenvalue weighted by Crippen LogP contribution is -2.53. The Kier molecular flexibility index (Phi) is 5.98. The van der Waals surface area contributed by atoms with Crippen LogP contribution >= 0.6 is 0 Å². The maximum Gasteiger partial charge on any atom is 0.433 e. The molecular formula is C21H20F7N7. The van der Waals surface area contributed by atoms with Crippen LogP contribution < -0.4 is 16.4 Å². The first-order valence-corrected chi connectivity index (χ1v) is 10.4. The van der Waals surface area contributed by atoms with Crippen LogP contribution in [0.15, 0.2) is 46.5 Å². The van der Waals surface area contributed by atoms with Crippen molar-refractivity contribution in [2.24, 2.45) is 21.6 Å². The van der Waals surface area contributed by atoms with E-state index in [0.717, 1.165) is 24.4 Å². The fraction of sp³-hybridized carbons (Fsp3) is 0.429. The molecule has 0 saturated heterocycles. The standard InChI is InChI=1S/C21H20F7N7/c1-18(22,23)15-9-12(6-8-30-15)31-17-33-16(13-3-2-4-14(32-13)20(26,27)28)34-21(29,35-17)11-5-7-19(24,25)10-11/h2-4,6,8-9,11H,5,7,10,29H2,1H3,(H2,30,31,33,34,35). The van der Waals surface area contributed by atoms with Crippen molar-refractivity contribution < 1.29 is 30.7 Å². The van der Waals surface area contributed by atoms with Gasteiger partial charge >= 0.3 is 6.18 Å². The lowest BCUT2D eigenvalue weighted by Gasteiger charge is -2.33. The van der Waals surface area contributed by atoms with E-state index in [0.29, 0.717) is 6.92 Å². The fourth-order valence-electron chi connectivity index (χ4n) is 3.84. The Labute approximate surface area is 194 Å². The minimum Gasteiger partial charge on any atom is -0.326 e. The van der Waals surface area contributed by atoms with E-state index in [4.69, 9.17) is 5.73 Å². The summed E-state index contributed by atoms with van der Waals surface area (Å²) >= 11 is 0. The van der Waals surface area contributed by atoms with Crippen LogP contribution in [0, 0.1) is 5.92 Å². The number of anilines is 1. The van der Waals surface area contributed by atoms with Gasteiger partial charge in [0.2, 0.25) is 17.7 Å². The molecule has 1 aliphatic carbocycles. The van der Waals surface area contributed by atoms with Gasteiger partial charge in [-0.1, -0.05) is 6.07 Å². The number of halogens is 7. The predicted octanol–water partition coefficient (Wildman–Crippen LogP) is 4.47. The monoisotopic (exact) mass is 503 g/mol. The van der Waals surface area contributed by atoms with Crippen LogP contribution in [-0.2, 0) is 12.1 Å². The molecule has 2 atom stereocenters. The lowest BCUT2D eigenvalue weighted by molar-refractivity contribution is -0.141. The number of amidine groups is 1. The van der Waals surface area contributed by atoms with Crippen LogP contribution in [-0.4, -0.2) is 33.5 Å². The van der Waals surface area contributed by atoms with Crippen molar-refractivity contribution in [3.63, 3.8) is 0 Å². The van der Waals surface area contributed by atoms with Gasteiger partial charge < -0.3 is 10.6 Å². The van der Waals surface area contributed by atoms with Crippen LogP contribution in [0.1, 0.15) is 43.3 Å². The third kappa shape index (κ3) is 5.52. The van der Waals surface area contributed by atoms with Crippen molar-refractivity contribution in [3.05, 3.63) is 53.6 Å². The molecule has 0 spiro atoms. The summed E-state index contributed by atoms with van der Waals surface area (Å²) in [5, 5.41) is 5.34. The number of nitrogens with two attached hydrogens (primary N) is 1. The quantitative estimate of drug-likeness (QED) is 0.535. The van der Waals surface area contributed by atoms with Crippen molar-refractivity contribution in [2.75, 3.05) is 5.32 Å². The third-order valence-corrected chi connectivity index (χ3v) is 5.58. The van der Waals surface area contributed by atoms with E-state index in [1.165, 1.54) is 12.1 Å². The molecule has 0 amide bonds. The zero-order valence-electron chi connectivity index (χ0n) is 18.2. The van der Waals surface area contributed by atoms with Crippen LogP contribution in [0.4, 0.5) is 36.4 Å². The third-order valence-electron chi connectivity index (χ3n) is 5.58. The lowest BCUT2D eigenvalue weighted by atomic mass is 9.99. The maximum absolute atomic E-state index is 13.9. The number of guanidine groups is 1. The molecule has 7 nitrogen and oxygen atoms in total. The molecule has 188 valence electrons. The van der Waals surface area contributed by atoms with Crippen molar-refractivity contribution in [2.45, 2.75) is 50.0 Å². The van der Waals surface area contributed by atoms with Gasteiger partial charge in [0.25, 0.3) is 5.92 Å². The first kappa shape index (κ1) is 24.8. The number of hydrogen-bond acceptors (Lipinski definition) is 7. The Morgan fingerprint density at radius 1 is 1.09 bits per heavy atom. The van der Waals surface area contributed by atoms with Crippen molar-refractivity contribution in [3.8, 4) is 0 Å². The van der Waals surface area contributed by atoms with Crippen LogP contribution in [0.3, 0.4) is 0 Å². The molecule has 4 rings (SSSR count). The number of aliphatic imine (C=N–C) groups is 2. The van der Waals surface area contributed by atoms with E-state index in [9.17, 15) is 30.7 Å². The molecule has 35 heavy (non-hydrogen) atoms. The first-order chi connectivity index (χ1) is 16.1. The van der Waals surface area contributed by atoms with E-state index < -0.39 is 54.0 Å². The molecule has 1 saturated carbocycles. The highest BCUT2D eigenvalue weighted by molar-refractivity contribution is 6.13. The summed E-state index contributed by atoms with van der Waals surface area (Å²) in [4.78, 5) is 15.5. The second-order valence-electron chi connectivity index (χ2n) is 8.47. The van der Waals surface area contributed by atoms with E-state index >= 15 is 0 Å². The molecular weight excluding hydrogens is 483 g/mol. The Morgan fingerprint density at radius 2 is 1.83 bits per heavy atom. The molecule has 2 aliphatic rings. The number of rotatable bonds is 4. The number of pyridine rings is 2. The molecule has 3 heterocycles. The number of aromatic nitrogens is 2. The first-order valence-electron chi connectivity index (χ1n) is 10.4. The van der Waals surface area contributed by atoms with Gasteiger partial charge in [0.15, 0.2) is 5.84 Å². The molecule has 2 aromatic heterocycles. The topological polar surface area (TPSA) is 101 Å². The summed E-state index contributed by atoms with van der Waals surface area (Å²) in [6, 6.07) is 5.48. The molecule has 0 bridgehead atoms. The van der Waals surface area contributed by atoms with E-state index in [1.807, 2.05) is 0 Å². The minimum atomic E-state index is -4.74. The molecule has 4 N–H and O–H groups in total. The fourth-order valence-corrected chi connectivity index (χ4v) is 3.84. The van der Waals surface area contributed by atoms with Crippen LogP contribution in [0.25, 0.3) is 0 Å². The van der Waals surface area contributed by atoms with E-state index in [1.54, 1.807) is 0 Å². The molecule has 0 radical (unpaired) electrons. The summed E-state index contributed by atoms with van der Waals surface area (Å²) in [6.45, 7) is 0.657. The molecule has 2 unspecified atom stereocenters. The molecule has 0 aromatic carbocycles. The number of alkyl halides is 7. The number of nitrogens with one attached hydrogen (secondary N) is 2. The van der Waals surface area contributed by atoms with E-state index in [2.05, 4.69) is 30.6 Å². The van der Waals surface area contributed by atoms with Gasteiger partial charge in [-0.25, -0.2) is 23.7 Å². The largest absolute Gasteiger partial charge is 0.433 e. The SMILES string of the molecule is CC(F)(F)c1cc(NC2=NC(N)(C3CCC(F)(F)C3)N=C(c3cccc(C(F)(F)F)n3)N2)ccn1. The highest BCUT2D eigenvalue weighted by Crippen LogP contribution is 2.44. The molecule has 1 fully saturated rings. The van der Waals surface area contributed by atoms with Gasteiger partial charge in [-0.2, -0.15) is 22.0 Å². The van der Waals surface area contributed by atoms with Crippen molar-refractivity contribution in [1.29, 1.82) is 0 Å². The highest BCUT2D eigenvalue weighted by atomic mass is 19.4. The van der Waals surface area contributed by atoms with Gasteiger partial charge in [-0.05, 0) is 30.7 Å². The minimum absolute atomic E-state index is 0.0332. The molecule has 2 aromatic rings. The van der Waals surface area contributed by atoms with Gasteiger partial charge in [-0.15, -0.1) is 0 Å². The number of nitrogens with zero attached hydrogens (tertiary/aromatic N) is 4. The summed E-state index contributed by atoms with van der Waals surface area (Å²) in [6.07, 6.45) is -4.74. The second-order valence-corrected chi connectivity index (χ2v) is 8.47. The van der Waals surface area contributed by atoms with Crippen LogP contribution in [0.2, 0.25) is 0 Å². The summed E-state index contributed by atoms with van der Waals surface area (Å²) in [5.74, 6) is -9.60.